The van der Waals surface area contributed by atoms with Crippen LogP contribution in [0.3, 0.4) is 0 Å². The Bertz CT molecular complexity index is 870. The third-order valence-corrected chi connectivity index (χ3v) is 7.51. The summed E-state index contributed by atoms with van der Waals surface area (Å²) in [7, 11) is 3.40. The molecule has 0 radical (unpaired) electrons. The molecule has 3 rings (SSSR count). The zero-order valence-corrected chi connectivity index (χ0v) is 15.4. The first kappa shape index (κ1) is 15.0. The Morgan fingerprint density at radius 2 is 1.57 bits per heavy atom. The van der Waals surface area contributed by atoms with E-state index in [4.69, 9.17) is 21.7 Å². The van der Waals surface area contributed by atoms with Gasteiger partial charge in [-0.05, 0) is 31.5 Å². The molecule has 0 spiro atoms. The van der Waals surface area contributed by atoms with Crippen LogP contribution >= 0.6 is 46.2 Å². The Labute approximate surface area is 140 Å². The highest BCUT2D eigenvalue weighted by Gasteiger charge is 2.18. The van der Waals surface area contributed by atoms with Crippen molar-refractivity contribution in [3.05, 3.63) is 25.7 Å². The highest BCUT2D eigenvalue weighted by Crippen LogP contribution is 2.48. The topological polar surface area (TPSA) is 18.5 Å². The highest BCUT2D eigenvalue weighted by molar-refractivity contribution is 7.77. The van der Waals surface area contributed by atoms with Gasteiger partial charge in [0.25, 0.3) is 0 Å². The van der Waals surface area contributed by atoms with E-state index in [1.54, 1.807) is 48.2 Å². The fourth-order valence-corrected chi connectivity index (χ4v) is 6.44. The van der Waals surface area contributed by atoms with Gasteiger partial charge < -0.3 is 9.47 Å². The predicted octanol–water partition coefficient (Wildman–Crippen LogP) is 6.05. The van der Waals surface area contributed by atoms with Crippen LogP contribution in [0, 0.1) is 17.0 Å². The Kier molecular flexibility index (Phi) is 4.05. The molecule has 2 aromatic heterocycles. The number of methoxy groups -OCH3 is 2. The van der Waals surface area contributed by atoms with Crippen LogP contribution in [-0.4, -0.2) is 14.2 Å². The average Bonchev–Trinajstić information content (AvgIpc) is 2.98. The number of ether oxygens (including phenoxy) is 2. The molecule has 0 saturated carbocycles. The third kappa shape index (κ3) is 2.50. The minimum Gasteiger partial charge on any atom is -0.496 e. The molecule has 3 aromatic rings. The molecule has 0 aliphatic carbocycles. The summed E-state index contributed by atoms with van der Waals surface area (Å²) < 4.78 is 14.6. The van der Waals surface area contributed by atoms with Gasteiger partial charge in [-0.1, -0.05) is 12.2 Å². The van der Waals surface area contributed by atoms with E-state index in [-0.39, 0.29) is 0 Å². The quantitative estimate of drug-likeness (QED) is 0.533. The summed E-state index contributed by atoms with van der Waals surface area (Å²) in [5.41, 5.74) is 2.15. The van der Waals surface area contributed by atoms with E-state index in [1.165, 1.54) is 19.2 Å². The normalized spacial score (nSPS) is 11.0. The van der Waals surface area contributed by atoms with E-state index >= 15 is 0 Å². The molecule has 2 nitrogen and oxygen atoms in total. The summed E-state index contributed by atoms with van der Waals surface area (Å²) in [5, 5.41) is 0. The number of thiophene rings is 1. The van der Waals surface area contributed by atoms with E-state index in [1.807, 2.05) is 13.0 Å². The molecule has 0 bridgehead atoms. The Morgan fingerprint density at radius 1 is 0.905 bits per heavy atom. The molecule has 0 amide bonds. The molecule has 0 N–H and O–H groups in total. The van der Waals surface area contributed by atoms with E-state index in [9.17, 15) is 0 Å². The third-order valence-electron chi connectivity index (χ3n) is 3.32. The summed E-state index contributed by atoms with van der Waals surface area (Å²) in [6.07, 6.45) is 0. The van der Waals surface area contributed by atoms with Gasteiger partial charge in [-0.3, -0.25) is 0 Å². The summed E-state index contributed by atoms with van der Waals surface area (Å²) in [6.45, 7) is 4.17. The maximum absolute atomic E-state index is 5.58. The van der Waals surface area contributed by atoms with E-state index in [0.717, 1.165) is 25.8 Å². The largest absolute Gasteiger partial charge is 0.496 e. The van der Waals surface area contributed by atoms with Gasteiger partial charge in [0.15, 0.2) is 0 Å². The van der Waals surface area contributed by atoms with Crippen LogP contribution in [-0.2, 0) is 0 Å². The number of benzene rings is 1. The number of hydrogen-bond acceptors (Lipinski definition) is 6. The molecule has 0 unspecified atom stereocenters. The highest BCUT2D eigenvalue weighted by atomic mass is 32.2. The molecule has 0 aliphatic heterocycles. The molecular weight excluding hydrogens is 340 g/mol. The first-order valence-electron chi connectivity index (χ1n) is 6.31. The predicted molar refractivity (Wildman–Crippen MR) is 96.4 cm³/mol. The van der Waals surface area contributed by atoms with Crippen LogP contribution < -0.4 is 9.47 Å². The maximum Gasteiger partial charge on any atom is 0.144 e. The first-order valence-corrected chi connectivity index (χ1v) is 9.17. The SMILES string of the molecule is COc1cc(-c2sc(C)c3sc(=S)sc23)c(OC)cc1C. The molecule has 2 heterocycles. The smallest absolute Gasteiger partial charge is 0.144 e. The van der Waals surface area contributed by atoms with Crippen LogP contribution in [0.25, 0.3) is 19.8 Å². The number of rotatable bonds is 3. The zero-order valence-electron chi connectivity index (χ0n) is 12.1. The number of aryl methyl sites for hydroxylation is 2. The average molecular weight is 355 g/mol. The van der Waals surface area contributed by atoms with Gasteiger partial charge in [0.05, 0.1) is 28.5 Å². The summed E-state index contributed by atoms with van der Waals surface area (Å²) in [4.78, 5) is 2.52. The summed E-state index contributed by atoms with van der Waals surface area (Å²) in [6, 6.07) is 4.09. The minimum atomic E-state index is 0.876. The van der Waals surface area contributed by atoms with Crippen LogP contribution in [0.1, 0.15) is 10.4 Å². The van der Waals surface area contributed by atoms with Crippen LogP contribution in [0.4, 0.5) is 0 Å². The van der Waals surface area contributed by atoms with Crippen molar-refractivity contribution < 1.29 is 9.47 Å². The van der Waals surface area contributed by atoms with Gasteiger partial charge in [0.2, 0.25) is 0 Å². The minimum absolute atomic E-state index is 0.876. The van der Waals surface area contributed by atoms with E-state index < -0.39 is 0 Å². The van der Waals surface area contributed by atoms with Crippen LogP contribution in [0.5, 0.6) is 11.5 Å². The Morgan fingerprint density at radius 3 is 2.24 bits per heavy atom. The van der Waals surface area contributed by atoms with Gasteiger partial charge in [-0.2, -0.15) is 0 Å². The Balaban J connectivity index is 2.33. The molecule has 0 saturated heterocycles. The molecule has 6 heteroatoms. The van der Waals surface area contributed by atoms with Crippen molar-refractivity contribution >= 4 is 55.6 Å². The monoisotopic (exact) mass is 354 g/mol. The zero-order chi connectivity index (χ0) is 15.1. The van der Waals surface area contributed by atoms with Crippen LogP contribution in [0.15, 0.2) is 12.1 Å². The molecule has 1 aromatic carbocycles. The molecule has 110 valence electrons. The second kappa shape index (κ2) is 5.68. The lowest BCUT2D eigenvalue weighted by Gasteiger charge is -2.12. The van der Waals surface area contributed by atoms with E-state index in [0.29, 0.717) is 0 Å². The molecule has 0 fully saturated rings. The molecular formula is C15H14O2S4. The van der Waals surface area contributed by atoms with Crippen molar-refractivity contribution in [2.45, 2.75) is 13.8 Å². The summed E-state index contributed by atoms with van der Waals surface area (Å²) in [5.74, 6) is 1.75. The van der Waals surface area contributed by atoms with Crippen molar-refractivity contribution in [1.82, 2.24) is 0 Å². The Hall–Kier alpha value is -0.950. The van der Waals surface area contributed by atoms with Gasteiger partial charge in [-0.25, -0.2) is 0 Å². The molecule has 21 heavy (non-hydrogen) atoms. The fraction of sp³-hybridized carbons (Fsp3) is 0.267. The second-order valence-electron chi connectivity index (χ2n) is 4.62. The van der Waals surface area contributed by atoms with Crippen molar-refractivity contribution in [1.29, 1.82) is 0 Å². The fourth-order valence-electron chi connectivity index (χ4n) is 2.31. The van der Waals surface area contributed by atoms with Gasteiger partial charge in [0.1, 0.15) is 14.6 Å². The number of fused-ring (bicyclic) bond motifs is 1. The van der Waals surface area contributed by atoms with Gasteiger partial charge in [0, 0.05) is 10.4 Å². The van der Waals surface area contributed by atoms with Crippen molar-refractivity contribution in [3.8, 4) is 21.9 Å². The maximum atomic E-state index is 5.58. The summed E-state index contributed by atoms with van der Waals surface area (Å²) >= 11 is 10.5. The first-order chi connectivity index (χ1) is 10.0. The lowest BCUT2D eigenvalue weighted by atomic mass is 10.1. The molecule has 0 aliphatic rings. The second-order valence-corrected chi connectivity index (χ2v) is 9.07. The lowest BCUT2D eigenvalue weighted by Crippen LogP contribution is -1.92. The van der Waals surface area contributed by atoms with Crippen molar-refractivity contribution in [2.75, 3.05) is 14.2 Å². The standard InChI is InChI=1S/C15H14O2S4/c1-7-5-11(17-4)9(6-10(7)16-3)13-14-12(8(2)19-13)20-15(18)21-14/h5-6H,1-4H3. The van der Waals surface area contributed by atoms with Gasteiger partial charge in [-0.15, -0.1) is 34.0 Å². The number of hydrogen-bond donors (Lipinski definition) is 0. The van der Waals surface area contributed by atoms with Gasteiger partial charge >= 0.3 is 0 Å². The lowest BCUT2D eigenvalue weighted by molar-refractivity contribution is 0.402. The van der Waals surface area contributed by atoms with Crippen LogP contribution in [0.2, 0.25) is 0 Å². The van der Waals surface area contributed by atoms with E-state index in [2.05, 4.69) is 13.0 Å². The van der Waals surface area contributed by atoms with Crippen molar-refractivity contribution in [2.24, 2.45) is 0 Å². The molecule has 0 atom stereocenters. The van der Waals surface area contributed by atoms with Crippen molar-refractivity contribution in [3.63, 3.8) is 0 Å².